The van der Waals surface area contributed by atoms with Gasteiger partial charge < -0.3 is 0 Å². The van der Waals surface area contributed by atoms with Crippen molar-refractivity contribution in [3.63, 3.8) is 0 Å². The van der Waals surface area contributed by atoms with E-state index in [0.29, 0.717) is 16.3 Å². The van der Waals surface area contributed by atoms with Crippen LogP contribution in [0.25, 0.3) is 10.8 Å². The molecule has 0 saturated carbocycles. The number of carbonyl (C=O) groups is 1. The summed E-state index contributed by atoms with van der Waals surface area (Å²) in [6.45, 7) is 0. The smallest absolute Gasteiger partial charge is 0.258 e. The molecule has 4 nitrogen and oxygen atoms in total. The minimum Gasteiger partial charge on any atom is -0.290 e. The van der Waals surface area contributed by atoms with E-state index in [4.69, 9.17) is 11.6 Å². The van der Waals surface area contributed by atoms with E-state index >= 15 is 0 Å². The molecule has 104 valence electrons. The van der Waals surface area contributed by atoms with E-state index in [1.807, 2.05) is 0 Å². The predicted octanol–water partition coefficient (Wildman–Crippen LogP) is 3.67. The molecule has 1 N–H and O–H groups in total. The fourth-order valence-electron chi connectivity index (χ4n) is 2.03. The topological polar surface area (TPSA) is 54.9 Å². The van der Waals surface area contributed by atoms with Crippen LogP contribution in [0.4, 0.5) is 10.3 Å². The number of amides is 1. The molecule has 1 heterocycles. The first kappa shape index (κ1) is 13.5. The molecule has 3 rings (SSSR count). The van der Waals surface area contributed by atoms with Gasteiger partial charge in [0.1, 0.15) is 11.0 Å². The summed E-state index contributed by atoms with van der Waals surface area (Å²) in [6, 6.07) is 11.0. The molecular formula is C15H9ClFN3O. The largest absolute Gasteiger partial charge is 0.290 e. The Morgan fingerprint density at radius 1 is 1.10 bits per heavy atom. The first-order valence-corrected chi connectivity index (χ1v) is 6.50. The van der Waals surface area contributed by atoms with Gasteiger partial charge in [-0.25, -0.2) is 14.4 Å². The van der Waals surface area contributed by atoms with E-state index in [1.165, 1.54) is 24.4 Å². The van der Waals surface area contributed by atoms with Gasteiger partial charge in [-0.15, -0.1) is 0 Å². The second kappa shape index (κ2) is 5.46. The molecule has 0 spiro atoms. The van der Waals surface area contributed by atoms with E-state index in [-0.39, 0.29) is 16.9 Å². The number of hydrogen-bond donors (Lipinski definition) is 1. The van der Waals surface area contributed by atoms with E-state index in [0.717, 1.165) is 0 Å². The Morgan fingerprint density at radius 2 is 1.86 bits per heavy atom. The van der Waals surface area contributed by atoms with Gasteiger partial charge >= 0.3 is 0 Å². The van der Waals surface area contributed by atoms with Crippen molar-refractivity contribution in [2.24, 2.45) is 0 Å². The molecule has 0 aliphatic carbocycles. The fraction of sp³-hybridized carbons (Fsp3) is 0. The summed E-state index contributed by atoms with van der Waals surface area (Å²) in [5.41, 5.74) is 0.343. The number of carbonyl (C=O) groups excluding carboxylic acids is 1. The van der Waals surface area contributed by atoms with Crippen molar-refractivity contribution in [1.82, 2.24) is 9.97 Å². The van der Waals surface area contributed by atoms with E-state index in [2.05, 4.69) is 15.3 Å². The number of nitrogens with one attached hydrogen (secondary N) is 1. The maximum atomic E-state index is 13.7. The van der Waals surface area contributed by atoms with Crippen LogP contribution in [0.15, 0.2) is 48.7 Å². The highest BCUT2D eigenvalue weighted by Crippen LogP contribution is 2.22. The number of anilines is 1. The number of halogens is 2. The van der Waals surface area contributed by atoms with Crippen LogP contribution in [0.1, 0.15) is 10.4 Å². The lowest BCUT2D eigenvalue weighted by atomic mass is 10.0. The Morgan fingerprint density at radius 3 is 2.62 bits per heavy atom. The second-order valence-electron chi connectivity index (χ2n) is 4.30. The number of aromatic nitrogens is 2. The summed E-state index contributed by atoms with van der Waals surface area (Å²) >= 11 is 5.74. The molecule has 0 radical (unpaired) electrons. The number of hydrogen-bond acceptors (Lipinski definition) is 3. The third-order valence-corrected chi connectivity index (χ3v) is 3.17. The third kappa shape index (κ3) is 2.68. The number of fused-ring (bicyclic) bond motifs is 1. The van der Waals surface area contributed by atoms with E-state index in [9.17, 15) is 9.18 Å². The SMILES string of the molecule is O=C(Nc1nccc(Cl)n1)c1ccc(F)c2ccccc12. The zero-order chi connectivity index (χ0) is 14.8. The van der Waals surface area contributed by atoms with Crippen LogP contribution >= 0.6 is 11.6 Å². The Balaban J connectivity index is 2.01. The first-order valence-electron chi connectivity index (χ1n) is 6.12. The molecule has 0 bridgehead atoms. The van der Waals surface area contributed by atoms with E-state index < -0.39 is 5.91 Å². The highest BCUT2D eigenvalue weighted by Gasteiger charge is 2.13. The van der Waals surface area contributed by atoms with Crippen molar-refractivity contribution in [3.05, 3.63) is 65.2 Å². The summed E-state index contributed by atoms with van der Waals surface area (Å²) < 4.78 is 13.7. The summed E-state index contributed by atoms with van der Waals surface area (Å²) in [4.78, 5) is 20.1. The normalized spacial score (nSPS) is 10.6. The van der Waals surface area contributed by atoms with Gasteiger partial charge in [0, 0.05) is 17.1 Å². The van der Waals surface area contributed by atoms with Gasteiger partial charge in [-0.3, -0.25) is 10.1 Å². The average molecular weight is 302 g/mol. The van der Waals surface area contributed by atoms with Crippen molar-refractivity contribution in [1.29, 1.82) is 0 Å². The molecule has 0 aliphatic rings. The van der Waals surface area contributed by atoms with Gasteiger partial charge in [0.05, 0.1) is 0 Å². The molecule has 1 aromatic heterocycles. The summed E-state index contributed by atoms with van der Waals surface area (Å²) in [6.07, 6.45) is 1.44. The van der Waals surface area contributed by atoms with Crippen molar-refractivity contribution in [2.75, 3.05) is 5.32 Å². The maximum absolute atomic E-state index is 13.7. The Kier molecular flexibility index (Phi) is 3.50. The highest BCUT2D eigenvalue weighted by atomic mass is 35.5. The van der Waals surface area contributed by atoms with Crippen LogP contribution in [0.5, 0.6) is 0 Å². The number of benzene rings is 2. The average Bonchev–Trinajstić information content (AvgIpc) is 2.48. The van der Waals surface area contributed by atoms with Crippen LogP contribution in [0.3, 0.4) is 0 Å². The minimum absolute atomic E-state index is 0.0981. The second-order valence-corrected chi connectivity index (χ2v) is 4.68. The third-order valence-electron chi connectivity index (χ3n) is 2.96. The van der Waals surface area contributed by atoms with Gasteiger partial charge in [-0.05, 0) is 23.6 Å². The fourth-order valence-corrected chi connectivity index (χ4v) is 2.16. The van der Waals surface area contributed by atoms with Crippen LogP contribution in [0, 0.1) is 5.82 Å². The first-order chi connectivity index (χ1) is 10.1. The summed E-state index contributed by atoms with van der Waals surface area (Å²) in [5, 5.41) is 3.68. The molecule has 0 atom stereocenters. The molecule has 0 aliphatic heterocycles. The molecule has 0 fully saturated rings. The Labute approximate surface area is 124 Å². The van der Waals surface area contributed by atoms with Crippen molar-refractivity contribution in [3.8, 4) is 0 Å². The maximum Gasteiger partial charge on any atom is 0.258 e. The van der Waals surface area contributed by atoms with Crippen molar-refractivity contribution in [2.45, 2.75) is 0 Å². The van der Waals surface area contributed by atoms with Crippen LogP contribution in [-0.2, 0) is 0 Å². The highest BCUT2D eigenvalue weighted by molar-refractivity contribution is 6.29. The monoisotopic (exact) mass is 301 g/mol. The minimum atomic E-state index is -0.423. The Bertz CT molecular complexity index is 838. The molecule has 0 unspecified atom stereocenters. The predicted molar refractivity (Wildman–Crippen MR) is 78.9 cm³/mol. The van der Waals surface area contributed by atoms with E-state index in [1.54, 1.807) is 24.3 Å². The molecule has 3 aromatic rings. The molecule has 1 amide bonds. The van der Waals surface area contributed by atoms with Crippen LogP contribution in [-0.4, -0.2) is 15.9 Å². The van der Waals surface area contributed by atoms with Gasteiger partial charge in [0.25, 0.3) is 5.91 Å². The lowest BCUT2D eigenvalue weighted by molar-refractivity contribution is 0.102. The molecule has 0 saturated heterocycles. The van der Waals surface area contributed by atoms with Gasteiger partial charge in [0.15, 0.2) is 0 Å². The van der Waals surface area contributed by atoms with Crippen LogP contribution in [0.2, 0.25) is 5.15 Å². The summed E-state index contributed by atoms with van der Waals surface area (Å²) in [5.74, 6) is -0.699. The molecule has 2 aromatic carbocycles. The Hall–Kier alpha value is -2.53. The lowest BCUT2D eigenvalue weighted by Gasteiger charge is -2.07. The molecular weight excluding hydrogens is 293 g/mol. The quantitative estimate of drug-likeness (QED) is 0.735. The van der Waals surface area contributed by atoms with Gasteiger partial charge in [-0.1, -0.05) is 35.9 Å². The standard InChI is InChI=1S/C15H9ClFN3O/c16-13-7-8-18-15(19-13)20-14(21)11-5-6-12(17)10-4-2-1-3-9(10)11/h1-8H,(H,18,19,20,21). The molecule has 21 heavy (non-hydrogen) atoms. The zero-order valence-electron chi connectivity index (χ0n) is 10.7. The van der Waals surface area contributed by atoms with Crippen LogP contribution < -0.4 is 5.32 Å². The van der Waals surface area contributed by atoms with Gasteiger partial charge in [-0.2, -0.15) is 0 Å². The summed E-state index contributed by atoms with van der Waals surface area (Å²) in [7, 11) is 0. The number of rotatable bonds is 2. The zero-order valence-corrected chi connectivity index (χ0v) is 11.4. The molecule has 6 heteroatoms. The lowest BCUT2D eigenvalue weighted by Crippen LogP contribution is -2.14. The van der Waals surface area contributed by atoms with Crippen molar-refractivity contribution >= 4 is 34.2 Å². The number of nitrogens with zero attached hydrogens (tertiary/aromatic N) is 2. The van der Waals surface area contributed by atoms with Gasteiger partial charge in [0.2, 0.25) is 5.95 Å². The van der Waals surface area contributed by atoms with Crippen molar-refractivity contribution < 1.29 is 9.18 Å².